The Labute approximate surface area is 154 Å². The Bertz CT molecular complexity index is 798. The molecular weight excluding hydrogens is 328 g/mol. The molecule has 2 unspecified atom stereocenters. The molecule has 0 radical (unpaired) electrons. The third-order valence-corrected chi connectivity index (χ3v) is 5.38. The molecule has 138 valence electrons. The number of amides is 1. The van der Waals surface area contributed by atoms with Gasteiger partial charge >= 0.3 is 0 Å². The molecule has 1 N–H and O–H groups in total. The van der Waals surface area contributed by atoms with Gasteiger partial charge in [0.1, 0.15) is 18.1 Å². The normalized spacial score (nSPS) is 22.3. The molecule has 0 aliphatic carbocycles. The zero-order valence-corrected chi connectivity index (χ0v) is 15.5. The number of carbonyl (C=O) groups excluding carboxylic acids is 1. The number of aryl methyl sites for hydroxylation is 2. The molecule has 0 saturated carbocycles. The van der Waals surface area contributed by atoms with Crippen LogP contribution in [0.5, 0.6) is 5.75 Å². The number of benzene rings is 1. The SMILES string of the molecule is Cc1ccc(OCc2ccc(C(=O)N3CCC4CCC(C3)N4)o2)c(C)c1. The first kappa shape index (κ1) is 17.2. The molecular formula is C21H26N2O3. The maximum Gasteiger partial charge on any atom is 0.289 e. The highest BCUT2D eigenvalue weighted by Crippen LogP contribution is 2.23. The van der Waals surface area contributed by atoms with Crippen molar-refractivity contribution in [3.8, 4) is 5.75 Å². The van der Waals surface area contributed by atoms with Crippen molar-refractivity contribution in [2.45, 2.75) is 51.8 Å². The van der Waals surface area contributed by atoms with E-state index in [0.29, 0.717) is 30.2 Å². The minimum atomic E-state index is -0.0166. The summed E-state index contributed by atoms with van der Waals surface area (Å²) in [6.45, 7) is 5.97. The standard InChI is InChI=1S/C21H26N2O3/c1-14-3-7-19(15(2)11-14)25-13-18-6-8-20(26-18)21(24)23-10-9-16-4-5-17(12-23)22-16/h3,6-8,11,16-17,22H,4-5,9-10,12-13H2,1-2H3. The Kier molecular flexibility index (Phi) is 4.72. The summed E-state index contributed by atoms with van der Waals surface area (Å²) >= 11 is 0. The topological polar surface area (TPSA) is 54.7 Å². The quantitative estimate of drug-likeness (QED) is 0.914. The molecule has 2 fully saturated rings. The van der Waals surface area contributed by atoms with Gasteiger partial charge in [-0.1, -0.05) is 17.7 Å². The van der Waals surface area contributed by atoms with Crippen molar-refractivity contribution in [3.63, 3.8) is 0 Å². The lowest BCUT2D eigenvalue weighted by Crippen LogP contribution is -2.38. The molecule has 2 bridgehead atoms. The summed E-state index contributed by atoms with van der Waals surface area (Å²) < 4.78 is 11.6. The molecule has 3 heterocycles. The Morgan fingerprint density at radius 1 is 1.19 bits per heavy atom. The summed E-state index contributed by atoms with van der Waals surface area (Å²) in [6.07, 6.45) is 3.40. The number of nitrogens with zero attached hydrogens (tertiary/aromatic N) is 1. The molecule has 2 aliphatic rings. The minimum absolute atomic E-state index is 0.0166. The molecule has 0 spiro atoms. The van der Waals surface area contributed by atoms with Crippen LogP contribution in [0, 0.1) is 13.8 Å². The van der Waals surface area contributed by atoms with Crippen molar-refractivity contribution < 1.29 is 13.9 Å². The van der Waals surface area contributed by atoms with Crippen LogP contribution in [-0.2, 0) is 6.61 Å². The maximum absolute atomic E-state index is 12.8. The minimum Gasteiger partial charge on any atom is -0.485 e. The second kappa shape index (κ2) is 7.16. The summed E-state index contributed by atoms with van der Waals surface area (Å²) in [5.41, 5.74) is 2.31. The van der Waals surface area contributed by atoms with Crippen LogP contribution in [0.3, 0.4) is 0 Å². The van der Waals surface area contributed by atoms with Crippen LogP contribution >= 0.6 is 0 Å². The van der Waals surface area contributed by atoms with Gasteiger partial charge in [-0.3, -0.25) is 4.79 Å². The van der Waals surface area contributed by atoms with E-state index in [0.717, 1.165) is 37.2 Å². The lowest BCUT2D eigenvalue weighted by Gasteiger charge is -2.23. The molecule has 2 saturated heterocycles. The fraction of sp³-hybridized carbons (Fsp3) is 0.476. The third kappa shape index (κ3) is 3.63. The Morgan fingerprint density at radius 2 is 2.04 bits per heavy atom. The van der Waals surface area contributed by atoms with Crippen LogP contribution in [0.25, 0.3) is 0 Å². The van der Waals surface area contributed by atoms with Gasteiger partial charge in [-0.2, -0.15) is 0 Å². The van der Waals surface area contributed by atoms with Crippen LogP contribution in [-0.4, -0.2) is 36.0 Å². The summed E-state index contributed by atoms with van der Waals surface area (Å²) in [4.78, 5) is 14.7. The number of ether oxygens (including phenoxy) is 1. The van der Waals surface area contributed by atoms with E-state index in [4.69, 9.17) is 9.15 Å². The van der Waals surface area contributed by atoms with Crippen LogP contribution in [0.4, 0.5) is 0 Å². The van der Waals surface area contributed by atoms with E-state index in [-0.39, 0.29) is 5.91 Å². The molecule has 4 rings (SSSR count). The molecule has 1 amide bonds. The Morgan fingerprint density at radius 3 is 2.88 bits per heavy atom. The summed E-state index contributed by atoms with van der Waals surface area (Å²) in [7, 11) is 0. The van der Waals surface area contributed by atoms with Crippen molar-refractivity contribution in [3.05, 3.63) is 53.0 Å². The predicted molar refractivity (Wildman–Crippen MR) is 99.4 cm³/mol. The summed E-state index contributed by atoms with van der Waals surface area (Å²) in [5.74, 6) is 1.90. The second-order valence-corrected chi connectivity index (χ2v) is 7.50. The van der Waals surface area contributed by atoms with Crippen LogP contribution < -0.4 is 10.1 Å². The predicted octanol–water partition coefficient (Wildman–Crippen LogP) is 3.44. The molecule has 26 heavy (non-hydrogen) atoms. The van der Waals surface area contributed by atoms with Crippen molar-refractivity contribution >= 4 is 5.91 Å². The smallest absolute Gasteiger partial charge is 0.289 e. The van der Waals surface area contributed by atoms with Gasteiger partial charge in [0.15, 0.2) is 5.76 Å². The largest absolute Gasteiger partial charge is 0.485 e. The fourth-order valence-corrected chi connectivity index (χ4v) is 3.96. The number of furan rings is 1. The molecule has 2 atom stereocenters. The highest BCUT2D eigenvalue weighted by Gasteiger charge is 2.32. The molecule has 5 heteroatoms. The molecule has 1 aromatic carbocycles. The zero-order valence-electron chi connectivity index (χ0n) is 15.5. The van der Waals surface area contributed by atoms with Gasteiger partial charge in [-0.05, 0) is 56.9 Å². The van der Waals surface area contributed by atoms with Gasteiger partial charge in [-0.15, -0.1) is 0 Å². The van der Waals surface area contributed by atoms with E-state index >= 15 is 0 Å². The number of carbonyl (C=O) groups is 1. The number of nitrogens with one attached hydrogen (secondary N) is 1. The summed E-state index contributed by atoms with van der Waals surface area (Å²) in [6, 6.07) is 10.7. The van der Waals surface area contributed by atoms with E-state index < -0.39 is 0 Å². The number of likely N-dealkylation sites (tertiary alicyclic amines) is 1. The van der Waals surface area contributed by atoms with Crippen LogP contribution in [0.1, 0.15) is 46.7 Å². The average molecular weight is 354 g/mol. The molecule has 5 nitrogen and oxygen atoms in total. The van der Waals surface area contributed by atoms with Gasteiger partial charge in [0.2, 0.25) is 0 Å². The lowest BCUT2D eigenvalue weighted by atomic mass is 10.1. The van der Waals surface area contributed by atoms with Crippen LogP contribution in [0.15, 0.2) is 34.7 Å². The van der Waals surface area contributed by atoms with E-state index in [9.17, 15) is 4.79 Å². The first-order chi connectivity index (χ1) is 12.6. The van der Waals surface area contributed by atoms with Gasteiger partial charge in [0.05, 0.1) is 0 Å². The van der Waals surface area contributed by atoms with E-state index in [1.54, 1.807) is 6.07 Å². The van der Waals surface area contributed by atoms with Crippen molar-refractivity contribution in [1.82, 2.24) is 10.2 Å². The van der Waals surface area contributed by atoms with Gasteiger partial charge in [-0.25, -0.2) is 0 Å². The average Bonchev–Trinajstić information content (AvgIpc) is 3.20. The van der Waals surface area contributed by atoms with Gasteiger partial charge in [0, 0.05) is 25.2 Å². The monoisotopic (exact) mass is 354 g/mol. The Balaban J connectivity index is 1.38. The van der Waals surface area contributed by atoms with Gasteiger partial charge < -0.3 is 19.4 Å². The first-order valence-corrected chi connectivity index (χ1v) is 9.42. The number of hydrogen-bond donors (Lipinski definition) is 1. The highest BCUT2D eigenvalue weighted by molar-refractivity contribution is 5.91. The number of rotatable bonds is 4. The lowest BCUT2D eigenvalue weighted by molar-refractivity contribution is 0.0712. The van der Waals surface area contributed by atoms with E-state index in [1.807, 2.05) is 30.0 Å². The number of fused-ring (bicyclic) bond motifs is 2. The Hall–Kier alpha value is -2.27. The second-order valence-electron chi connectivity index (χ2n) is 7.50. The van der Waals surface area contributed by atoms with Crippen molar-refractivity contribution in [2.75, 3.05) is 13.1 Å². The highest BCUT2D eigenvalue weighted by atomic mass is 16.5. The fourth-order valence-electron chi connectivity index (χ4n) is 3.96. The van der Waals surface area contributed by atoms with Crippen molar-refractivity contribution in [1.29, 1.82) is 0 Å². The summed E-state index contributed by atoms with van der Waals surface area (Å²) in [5, 5.41) is 3.60. The molecule has 2 aliphatic heterocycles. The third-order valence-electron chi connectivity index (χ3n) is 5.38. The first-order valence-electron chi connectivity index (χ1n) is 9.42. The maximum atomic E-state index is 12.8. The van der Waals surface area contributed by atoms with Crippen molar-refractivity contribution in [2.24, 2.45) is 0 Å². The molecule has 1 aromatic heterocycles. The molecule has 2 aromatic rings. The number of hydrogen-bond acceptors (Lipinski definition) is 4. The van der Waals surface area contributed by atoms with Crippen LogP contribution in [0.2, 0.25) is 0 Å². The van der Waals surface area contributed by atoms with E-state index in [2.05, 4.69) is 18.3 Å². The van der Waals surface area contributed by atoms with Gasteiger partial charge in [0.25, 0.3) is 5.91 Å². The van der Waals surface area contributed by atoms with E-state index in [1.165, 1.54) is 12.0 Å². The zero-order chi connectivity index (χ0) is 18.1.